The fraction of sp³-hybridized carbons (Fsp3) is 0.432. The number of esters is 1. The Hall–Kier alpha value is -2.69. The third-order valence-electron chi connectivity index (χ3n) is 7.47. The molecule has 3 aromatic rings. The standard InChI is InChI=1S/C37H47ClO3S/c1-8-11-26(10-3)23-40-29-17-15-28(16-18-29)35(31(12-9-2)30-19-13-25(4)21-33(30)38)32-20-14-27(22-34(32)42)24-41-36(39)37(5,6)7/h13-22,26,42H,8-12,23-24H2,1-7H3/b35-31+/t26-/m1/s1. The van der Waals surface area contributed by atoms with E-state index >= 15 is 0 Å². The summed E-state index contributed by atoms with van der Waals surface area (Å²) < 4.78 is 11.8. The molecule has 0 spiro atoms. The quantitative estimate of drug-likeness (QED) is 0.119. The van der Waals surface area contributed by atoms with E-state index in [0.717, 1.165) is 74.9 Å². The molecule has 226 valence electrons. The van der Waals surface area contributed by atoms with Crippen LogP contribution < -0.4 is 4.74 Å². The Balaban J connectivity index is 2.08. The lowest BCUT2D eigenvalue weighted by Crippen LogP contribution is -2.22. The molecular formula is C37H47ClO3S. The molecule has 0 saturated carbocycles. The van der Waals surface area contributed by atoms with Gasteiger partial charge >= 0.3 is 5.97 Å². The van der Waals surface area contributed by atoms with Gasteiger partial charge in [-0.25, -0.2) is 0 Å². The predicted octanol–water partition coefficient (Wildman–Crippen LogP) is 11.0. The van der Waals surface area contributed by atoms with Crippen LogP contribution in [0.2, 0.25) is 5.02 Å². The van der Waals surface area contributed by atoms with Gasteiger partial charge in [-0.1, -0.05) is 88.0 Å². The molecule has 3 aromatic carbocycles. The molecule has 0 unspecified atom stereocenters. The van der Waals surface area contributed by atoms with E-state index in [1.54, 1.807) is 0 Å². The van der Waals surface area contributed by atoms with Crippen LogP contribution in [-0.2, 0) is 16.1 Å². The second-order valence-corrected chi connectivity index (χ2v) is 13.1. The van der Waals surface area contributed by atoms with Crippen molar-refractivity contribution in [2.45, 2.75) is 92.1 Å². The van der Waals surface area contributed by atoms with Crippen LogP contribution in [0.5, 0.6) is 5.75 Å². The van der Waals surface area contributed by atoms with Crippen molar-refractivity contribution in [2.24, 2.45) is 11.3 Å². The van der Waals surface area contributed by atoms with Gasteiger partial charge in [0.05, 0.1) is 12.0 Å². The predicted molar refractivity (Wildman–Crippen MR) is 181 cm³/mol. The van der Waals surface area contributed by atoms with Crippen molar-refractivity contribution in [1.29, 1.82) is 0 Å². The zero-order valence-electron chi connectivity index (χ0n) is 26.4. The molecule has 0 bridgehead atoms. The molecule has 0 N–H and O–H groups in total. The molecule has 0 amide bonds. The molecule has 0 aliphatic rings. The minimum absolute atomic E-state index is 0.206. The topological polar surface area (TPSA) is 35.5 Å². The van der Waals surface area contributed by atoms with E-state index in [-0.39, 0.29) is 12.6 Å². The Morgan fingerprint density at radius 3 is 2.19 bits per heavy atom. The van der Waals surface area contributed by atoms with Gasteiger partial charge in [0.1, 0.15) is 12.4 Å². The van der Waals surface area contributed by atoms with Crippen molar-refractivity contribution >= 4 is 41.3 Å². The number of carbonyl (C=O) groups excluding carboxylic acids is 1. The molecule has 0 aliphatic heterocycles. The second-order valence-electron chi connectivity index (χ2n) is 12.2. The highest BCUT2D eigenvalue weighted by atomic mass is 35.5. The highest BCUT2D eigenvalue weighted by Gasteiger charge is 2.23. The molecule has 1 atom stereocenters. The number of halogens is 1. The normalized spacial score (nSPS) is 13.0. The first-order chi connectivity index (χ1) is 20.0. The summed E-state index contributed by atoms with van der Waals surface area (Å²) in [7, 11) is 0. The molecular weight excluding hydrogens is 560 g/mol. The summed E-state index contributed by atoms with van der Waals surface area (Å²) in [5, 5.41) is 0.740. The highest BCUT2D eigenvalue weighted by molar-refractivity contribution is 7.80. The van der Waals surface area contributed by atoms with E-state index in [1.165, 1.54) is 18.4 Å². The van der Waals surface area contributed by atoms with Crippen LogP contribution in [0.1, 0.15) is 101 Å². The van der Waals surface area contributed by atoms with Gasteiger partial charge in [-0.05, 0) is 110 Å². The van der Waals surface area contributed by atoms with Crippen LogP contribution >= 0.6 is 24.2 Å². The van der Waals surface area contributed by atoms with Crippen LogP contribution in [0.4, 0.5) is 0 Å². The average Bonchev–Trinajstić information content (AvgIpc) is 2.95. The summed E-state index contributed by atoms with van der Waals surface area (Å²) in [6.07, 6.45) is 5.27. The van der Waals surface area contributed by atoms with Crippen molar-refractivity contribution in [2.75, 3.05) is 6.61 Å². The molecule has 0 aromatic heterocycles. The van der Waals surface area contributed by atoms with Crippen LogP contribution in [-0.4, -0.2) is 12.6 Å². The number of aryl methyl sites for hydroxylation is 1. The molecule has 3 rings (SSSR count). The first-order valence-corrected chi connectivity index (χ1v) is 16.0. The van der Waals surface area contributed by atoms with E-state index in [1.807, 2.05) is 39.0 Å². The van der Waals surface area contributed by atoms with Gasteiger partial charge in [0.25, 0.3) is 0 Å². The first-order valence-electron chi connectivity index (χ1n) is 15.2. The van der Waals surface area contributed by atoms with Crippen molar-refractivity contribution in [3.63, 3.8) is 0 Å². The number of ether oxygens (including phenoxy) is 2. The van der Waals surface area contributed by atoms with Crippen LogP contribution in [0.15, 0.2) is 65.6 Å². The Morgan fingerprint density at radius 2 is 1.62 bits per heavy atom. The lowest BCUT2D eigenvalue weighted by atomic mass is 9.86. The van der Waals surface area contributed by atoms with Gasteiger partial charge in [0.15, 0.2) is 0 Å². The molecule has 0 heterocycles. The van der Waals surface area contributed by atoms with Crippen molar-refractivity contribution < 1.29 is 14.3 Å². The van der Waals surface area contributed by atoms with Crippen LogP contribution in [0.3, 0.4) is 0 Å². The molecule has 5 heteroatoms. The third kappa shape index (κ3) is 9.15. The maximum Gasteiger partial charge on any atom is 0.311 e. The van der Waals surface area contributed by atoms with E-state index in [9.17, 15) is 4.79 Å². The minimum atomic E-state index is -0.550. The molecule has 0 saturated heterocycles. The summed E-state index contributed by atoms with van der Waals surface area (Å²) in [6.45, 7) is 15.2. The minimum Gasteiger partial charge on any atom is -0.493 e. The molecule has 0 fully saturated rings. The zero-order valence-corrected chi connectivity index (χ0v) is 28.0. The van der Waals surface area contributed by atoms with E-state index in [0.29, 0.717) is 5.92 Å². The van der Waals surface area contributed by atoms with E-state index in [2.05, 4.69) is 70.2 Å². The monoisotopic (exact) mass is 606 g/mol. The lowest BCUT2D eigenvalue weighted by Gasteiger charge is -2.21. The SMILES string of the molecule is CCC/C(=C(/c1ccc(OC[C@H](CC)CCC)cc1)c1ccc(COC(=O)C(C)(C)C)cc1S)c1ccc(C)cc1Cl. The van der Waals surface area contributed by atoms with Gasteiger partial charge in [0.2, 0.25) is 0 Å². The number of hydrogen-bond acceptors (Lipinski definition) is 4. The largest absolute Gasteiger partial charge is 0.493 e. The van der Waals surface area contributed by atoms with Crippen molar-refractivity contribution in [3.05, 3.63) is 93.5 Å². The summed E-state index contributed by atoms with van der Waals surface area (Å²) >= 11 is 11.8. The number of rotatable bonds is 13. The van der Waals surface area contributed by atoms with Gasteiger partial charge in [0, 0.05) is 9.92 Å². The van der Waals surface area contributed by atoms with Gasteiger partial charge < -0.3 is 9.47 Å². The number of allylic oxidation sites excluding steroid dienone is 1. The zero-order chi connectivity index (χ0) is 30.9. The van der Waals surface area contributed by atoms with Crippen LogP contribution in [0, 0.1) is 18.3 Å². The smallest absolute Gasteiger partial charge is 0.311 e. The Kier molecular flexibility index (Phi) is 12.6. The van der Waals surface area contributed by atoms with Crippen molar-refractivity contribution in [1.82, 2.24) is 0 Å². The summed E-state index contributed by atoms with van der Waals surface area (Å²) in [6, 6.07) is 20.7. The molecule has 0 aliphatic carbocycles. The number of benzene rings is 3. The number of hydrogen-bond donors (Lipinski definition) is 1. The summed E-state index contributed by atoms with van der Waals surface area (Å²) in [5.74, 6) is 1.22. The first kappa shape index (κ1) is 33.8. The average molecular weight is 607 g/mol. The summed E-state index contributed by atoms with van der Waals surface area (Å²) in [5.41, 5.74) is 6.85. The fourth-order valence-corrected chi connectivity index (χ4v) is 5.69. The van der Waals surface area contributed by atoms with Gasteiger partial charge in [-0.3, -0.25) is 4.79 Å². The molecule has 3 nitrogen and oxygen atoms in total. The second kappa shape index (κ2) is 15.7. The third-order valence-corrected chi connectivity index (χ3v) is 8.15. The number of thiol groups is 1. The molecule has 42 heavy (non-hydrogen) atoms. The van der Waals surface area contributed by atoms with E-state index in [4.69, 9.17) is 33.7 Å². The summed E-state index contributed by atoms with van der Waals surface area (Å²) in [4.78, 5) is 13.2. The highest BCUT2D eigenvalue weighted by Crippen LogP contribution is 2.40. The lowest BCUT2D eigenvalue weighted by molar-refractivity contribution is -0.154. The fourth-order valence-electron chi connectivity index (χ4n) is 4.99. The maximum atomic E-state index is 12.3. The van der Waals surface area contributed by atoms with Crippen LogP contribution in [0.25, 0.3) is 11.1 Å². The van der Waals surface area contributed by atoms with Gasteiger partial charge in [-0.2, -0.15) is 0 Å². The van der Waals surface area contributed by atoms with E-state index < -0.39 is 5.41 Å². The maximum absolute atomic E-state index is 12.3. The Labute approximate surface area is 264 Å². The Morgan fingerprint density at radius 1 is 0.929 bits per heavy atom. The Bertz CT molecular complexity index is 1370. The number of carbonyl (C=O) groups is 1. The molecule has 0 radical (unpaired) electrons. The van der Waals surface area contributed by atoms with Crippen molar-refractivity contribution in [3.8, 4) is 5.75 Å². The van der Waals surface area contributed by atoms with Gasteiger partial charge in [-0.15, -0.1) is 12.6 Å².